The molecule has 0 atom stereocenters. The van der Waals surface area contributed by atoms with E-state index >= 15 is 0 Å². The smallest absolute Gasteiger partial charge is 0.240 e. The topological polar surface area (TPSA) is 81.1 Å². The molecule has 6 nitrogen and oxygen atoms in total. The normalized spacial score (nSPS) is 11.6. The van der Waals surface area contributed by atoms with Gasteiger partial charge in [0.15, 0.2) is 9.84 Å². The molecule has 152 valence electrons. The van der Waals surface area contributed by atoms with Crippen LogP contribution in [0.5, 0.6) is 0 Å². The van der Waals surface area contributed by atoms with Crippen molar-refractivity contribution in [3.05, 3.63) is 66.2 Å². The van der Waals surface area contributed by atoms with Gasteiger partial charge in [0.1, 0.15) is 11.6 Å². The van der Waals surface area contributed by atoms with Crippen LogP contribution in [0.4, 0.5) is 5.82 Å². The average Bonchev–Trinajstić information content (AvgIpc) is 3.04. The number of anilines is 1. The molecule has 2 aromatic carbocycles. The Morgan fingerprint density at radius 1 is 1.07 bits per heavy atom. The van der Waals surface area contributed by atoms with E-state index < -0.39 is 21.5 Å². The van der Waals surface area contributed by atoms with Crippen molar-refractivity contribution >= 4 is 21.6 Å². The lowest BCUT2D eigenvalue weighted by atomic mass is 10.1. The first-order chi connectivity index (χ1) is 13.7. The summed E-state index contributed by atoms with van der Waals surface area (Å²) < 4.78 is 26.0. The number of aryl methyl sites for hydroxylation is 1. The molecule has 7 heteroatoms. The molecule has 0 unspecified atom stereocenters. The van der Waals surface area contributed by atoms with Crippen molar-refractivity contribution in [2.45, 2.75) is 20.8 Å². The van der Waals surface area contributed by atoms with Crippen LogP contribution in [0.25, 0.3) is 16.9 Å². The van der Waals surface area contributed by atoms with Crippen LogP contribution >= 0.6 is 0 Å². The summed E-state index contributed by atoms with van der Waals surface area (Å²) in [7, 11) is -3.47. The number of aromatic nitrogens is 2. The number of nitrogens with zero attached hydrogens (tertiary/aromatic N) is 2. The molecule has 1 aromatic heterocycles. The van der Waals surface area contributed by atoms with Crippen LogP contribution in [0.2, 0.25) is 0 Å². The van der Waals surface area contributed by atoms with E-state index in [4.69, 9.17) is 0 Å². The Hall–Kier alpha value is -2.93. The predicted molar refractivity (Wildman–Crippen MR) is 116 cm³/mol. The molecular formula is C22H25N3O3S. The van der Waals surface area contributed by atoms with E-state index in [0.29, 0.717) is 11.5 Å². The lowest BCUT2D eigenvalue weighted by Gasteiger charge is -2.11. The third-order valence-electron chi connectivity index (χ3n) is 4.33. The molecular weight excluding hydrogens is 386 g/mol. The quantitative estimate of drug-likeness (QED) is 0.640. The van der Waals surface area contributed by atoms with Crippen LogP contribution in [0.15, 0.2) is 60.7 Å². The van der Waals surface area contributed by atoms with E-state index in [0.717, 1.165) is 16.8 Å². The second-order valence-corrected chi connectivity index (χ2v) is 9.58. The van der Waals surface area contributed by atoms with E-state index in [1.807, 2.05) is 75.4 Å². The van der Waals surface area contributed by atoms with Gasteiger partial charge in [-0.05, 0) is 24.5 Å². The van der Waals surface area contributed by atoms with E-state index in [1.54, 1.807) is 10.7 Å². The van der Waals surface area contributed by atoms with Crippen molar-refractivity contribution < 1.29 is 13.2 Å². The lowest BCUT2D eigenvalue weighted by molar-refractivity contribution is -0.113. The number of amides is 1. The minimum absolute atomic E-state index is 0.0211. The van der Waals surface area contributed by atoms with E-state index in [-0.39, 0.29) is 11.7 Å². The van der Waals surface area contributed by atoms with E-state index in [2.05, 4.69) is 10.4 Å². The molecule has 3 rings (SSSR count). The van der Waals surface area contributed by atoms with Gasteiger partial charge in [0.2, 0.25) is 5.91 Å². The first kappa shape index (κ1) is 20.8. The molecule has 1 amide bonds. The highest BCUT2D eigenvalue weighted by molar-refractivity contribution is 7.92. The zero-order chi connectivity index (χ0) is 21.0. The number of carbonyl (C=O) groups excluding carboxylic acids is 1. The predicted octanol–water partition coefficient (Wildman–Crippen LogP) is 3.86. The fourth-order valence-corrected chi connectivity index (χ4v) is 4.76. The van der Waals surface area contributed by atoms with Gasteiger partial charge in [-0.2, -0.15) is 5.10 Å². The minimum Gasteiger partial charge on any atom is -0.310 e. The van der Waals surface area contributed by atoms with Gasteiger partial charge in [-0.3, -0.25) is 4.79 Å². The standard InChI is InChI=1S/C22H25N3O3S/c1-16(2)14-29(27,28)15-22(26)23-21-13-19(18-10-5-4-6-11-18)24-25(21)20-12-8-7-9-17(20)3/h4-13,16H,14-15H2,1-3H3,(H,23,26). The highest BCUT2D eigenvalue weighted by atomic mass is 32.2. The number of hydrogen-bond acceptors (Lipinski definition) is 4. The molecule has 0 radical (unpaired) electrons. The Morgan fingerprint density at radius 3 is 2.38 bits per heavy atom. The Kier molecular flexibility index (Phi) is 6.17. The molecule has 0 aliphatic rings. The Morgan fingerprint density at radius 2 is 1.72 bits per heavy atom. The monoisotopic (exact) mass is 411 g/mol. The zero-order valence-corrected chi connectivity index (χ0v) is 17.6. The van der Waals surface area contributed by atoms with Crippen LogP contribution in [0.1, 0.15) is 19.4 Å². The summed E-state index contributed by atoms with van der Waals surface area (Å²) in [5.74, 6) is -0.741. The number of sulfone groups is 1. The summed E-state index contributed by atoms with van der Waals surface area (Å²) >= 11 is 0. The molecule has 1 heterocycles. The maximum absolute atomic E-state index is 12.5. The molecule has 0 fully saturated rings. The maximum atomic E-state index is 12.5. The van der Waals surface area contributed by atoms with Gasteiger partial charge in [-0.25, -0.2) is 13.1 Å². The minimum atomic E-state index is -3.47. The summed E-state index contributed by atoms with van der Waals surface area (Å²) in [5.41, 5.74) is 3.39. The van der Waals surface area contributed by atoms with Gasteiger partial charge in [-0.1, -0.05) is 62.4 Å². The fraction of sp³-hybridized carbons (Fsp3) is 0.273. The summed E-state index contributed by atoms with van der Waals surface area (Å²) in [6.07, 6.45) is 0. The van der Waals surface area contributed by atoms with Gasteiger partial charge in [0, 0.05) is 11.6 Å². The third-order valence-corrected chi connectivity index (χ3v) is 6.20. The highest BCUT2D eigenvalue weighted by Crippen LogP contribution is 2.26. The zero-order valence-electron chi connectivity index (χ0n) is 16.8. The van der Waals surface area contributed by atoms with Crippen molar-refractivity contribution in [2.75, 3.05) is 16.8 Å². The van der Waals surface area contributed by atoms with Crippen molar-refractivity contribution in [3.63, 3.8) is 0 Å². The molecule has 1 N–H and O–H groups in total. The van der Waals surface area contributed by atoms with Gasteiger partial charge in [0.05, 0.1) is 17.1 Å². The van der Waals surface area contributed by atoms with Crippen LogP contribution in [-0.2, 0) is 14.6 Å². The van der Waals surface area contributed by atoms with Gasteiger partial charge >= 0.3 is 0 Å². The van der Waals surface area contributed by atoms with E-state index in [1.165, 1.54) is 0 Å². The molecule has 0 bridgehead atoms. The molecule has 0 saturated heterocycles. The van der Waals surface area contributed by atoms with Crippen molar-refractivity contribution in [2.24, 2.45) is 5.92 Å². The molecule has 0 aliphatic heterocycles. The molecule has 29 heavy (non-hydrogen) atoms. The Bertz CT molecular complexity index is 1100. The van der Waals surface area contributed by atoms with Crippen molar-refractivity contribution in [3.8, 4) is 16.9 Å². The van der Waals surface area contributed by atoms with Crippen molar-refractivity contribution in [1.82, 2.24) is 9.78 Å². The van der Waals surface area contributed by atoms with Crippen LogP contribution < -0.4 is 5.32 Å². The van der Waals surface area contributed by atoms with Crippen molar-refractivity contribution in [1.29, 1.82) is 0 Å². The number of benzene rings is 2. The third kappa shape index (κ3) is 5.32. The van der Waals surface area contributed by atoms with Crippen LogP contribution in [-0.4, -0.2) is 35.6 Å². The fourth-order valence-electron chi connectivity index (χ4n) is 3.15. The van der Waals surface area contributed by atoms with Gasteiger partial charge in [0.25, 0.3) is 0 Å². The average molecular weight is 412 g/mol. The molecule has 0 spiro atoms. The number of rotatable bonds is 7. The van der Waals surface area contributed by atoms with Crippen LogP contribution in [0, 0.1) is 12.8 Å². The lowest BCUT2D eigenvalue weighted by Crippen LogP contribution is -2.27. The molecule has 0 saturated carbocycles. The second-order valence-electron chi connectivity index (χ2n) is 7.48. The SMILES string of the molecule is Cc1ccccc1-n1nc(-c2ccccc2)cc1NC(=O)CS(=O)(=O)CC(C)C. The molecule has 0 aliphatic carbocycles. The largest absolute Gasteiger partial charge is 0.310 e. The summed E-state index contributed by atoms with van der Waals surface area (Å²) in [5, 5.41) is 7.40. The van der Waals surface area contributed by atoms with E-state index in [9.17, 15) is 13.2 Å². The number of hydrogen-bond donors (Lipinski definition) is 1. The summed E-state index contributed by atoms with van der Waals surface area (Å²) in [6.45, 7) is 5.58. The first-order valence-corrected chi connectivity index (χ1v) is 11.3. The van der Waals surface area contributed by atoms with Gasteiger partial charge in [-0.15, -0.1) is 0 Å². The Balaban J connectivity index is 1.95. The number of nitrogens with one attached hydrogen (secondary N) is 1. The number of carbonyl (C=O) groups is 1. The second kappa shape index (κ2) is 8.61. The molecule has 3 aromatic rings. The van der Waals surface area contributed by atoms with Gasteiger partial charge < -0.3 is 5.32 Å². The highest BCUT2D eigenvalue weighted by Gasteiger charge is 2.21. The summed E-state index contributed by atoms with van der Waals surface area (Å²) in [4.78, 5) is 12.5. The Labute approximate surface area is 171 Å². The first-order valence-electron chi connectivity index (χ1n) is 9.47. The number of para-hydroxylation sites is 1. The van der Waals surface area contributed by atoms with Crippen LogP contribution in [0.3, 0.4) is 0 Å². The summed E-state index contributed by atoms with van der Waals surface area (Å²) in [6, 6.07) is 19.1. The maximum Gasteiger partial charge on any atom is 0.240 e.